The van der Waals surface area contributed by atoms with E-state index in [-0.39, 0.29) is 0 Å². The zero-order chi connectivity index (χ0) is 13.4. The molecule has 106 valence electrons. The average Bonchev–Trinajstić information content (AvgIpc) is 3.17. The number of hydrogen-bond acceptors (Lipinski definition) is 6. The number of rotatable bonds is 2. The first kappa shape index (κ1) is 12.5. The van der Waals surface area contributed by atoms with Gasteiger partial charge in [0.2, 0.25) is 0 Å². The summed E-state index contributed by atoms with van der Waals surface area (Å²) in [6.45, 7) is 6.81. The lowest BCUT2D eigenvalue weighted by molar-refractivity contribution is 0.185. The van der Waals surface area contributed by atoms with Crippen molar-refractivity contribution in [3.05, 3.63) is 17.8 Å². The normalized spacial score (nSPS) is 24.6. The van der Waals surface area contributed by atoms with Crippen LogP contribution in [-0.2, 0) is 0 Å². The lowest BCUT2D eigenvalue weighted by Gasteiger charge is -2.32. The van der Waals surface area contributed by atoms with E-state index >= 15 is 0 Å². The van der Waals surface area contributed by atoms with Crippen LogP contribution in [0.15, 0.2) is 17.8 Å². The van der Waals surface area contributed by atoms with Gasteiger partial charge in [-0.15, -0.1) is 11.3 Å². The van der Waals surface area contributed by atoms with Gasteiger partial charge in [-0.3, -0.25) is 4.90 Å². The highest BCUT2D eigenvalue weighted by Crippen LogP contribution is 2.30. The molecule has 2 aromatic rings. The van der Waals surface area contributed by atoms with Gasteiger partial charge in [0.25, 0.3) is 0 Å². The molecule has 0 bridgehead atoms. The third-order valence-corrected chi connectivity index (χ3v) is 5.25. The molecule has 0 radical (unpaired) electrons. The topological polar surface area (TPSA) is 44.3 Å². The second kappa shape index (κ2) is 5.27. The zero-order valence-electron chi connectivity index (χ0n) is 11.5. The maximum atomic E-state index is 4.54. The van der Waals surface area contributed by atoms with Crippen LogP contribution in [0, 0.1) is 0 Å². The van der Waals surface area contributed by atoms with Crippen molar-refractivity contribution in [3.8, 4) is 0 Å². The third kappa shape index (κ3) is 2.17. The van der Waals surface area contributed by atoms with Crippen molar-refractivity contribution in [3.63, 3.8) is 0 Å². The fraction of sp³-hybridized carbons (Fsp3) is 0.571. The van der Waals surface area contributed by atoms with E-state index in [1.165, 1.54) is 24.2 Å². The molecule has 2 aliphatic heterocycles. The van der Waals surface area contributed by atoms with Crippen molar-refractivity contribution >= 4 is 27.4 Å². The first-order valence-corrected chi connectivity index (χ1v) is 8.18. The van der Waals surface area contributed by atoms with Crippen molar-refractivity contribution in [2.24, 2.45) is 0 Å². The molecule has 5 nitrogen and oxygen atoms in total. The smallest absolute Gasteiger partial charge is 0.150 e. The molecule has 4 heterocycles. The summed E-state index contributed by atoms with van der Waals surface area (Å²) < 4.78 is 1.23. The number of nitrogens with zero attached hydrogens (tertiary/aromatic N) is 4. The van der Waals surface area contributed by atoms with Gasteiger partial charge in [0.1, 0.15) is 12.1 Å². The van der Waals surface area contributed by atoms with Crippen LogP contribution in [0.2, 0.25) is 0 Å². The van der Waals surface area contributed by atoms with Gasteiger partial charge in [0.05, 0.1) is 10.2 Å². The summed E-state index contributed by atoms with van der Waals surface area (Å²) in [5, 5.41) is 5.53. The minimum Gasteiger partial charge on any atom is -0.354 e. The van der Waals surface area contributed by atoms with E-state index in [2.05, 4.69) is 36.5 Å². The Bertz CT molecular complexity index is 592. The molecular formula is C14H19N5S. The molecule has 2 saturated heterocycles. The van der Waals surface area contributed by atoms with E-state index in [0.29, 0.717) is 6.04 Å². The number of anilines is 1. The summed E-state index contributed by atoms with van der Waals surface area (Å²) >= 11 is 1.75. The first-order valence-electron chi connectivity index (χ1n) is 7.30. The monoisotopic (exact) mass is 289 g/mol. The van der Waals surface area contributed by atoms with Crippen LogP contribution in [0.3, 0.4) is 0 Å². The molecule has 0 spiro atoms. The Kier molecular flexibility index (Phi) is 3.29. The molecule has 0 amide bonds. The molecular weight excluding hydrogens is 270 g/mol. The van der Waals surface area contributed by atoms with Crippen LogP contribution >= 0.6 is 11.3 Å². The lowest BCUT2D eigenvalue weighted by atomic mass is 10.2. The average molecular weight is 289 g/mol. The first-order chi connectivity index (χ1) is 9.92. The predicted molar refractivity (Wildman–Crippen MR) is 82.5 cm³/mol. The van der Waals surface area contributed by atoms with Crippen LogP contribution in [0.1, 0.15) is 6.42 Å². The molecule has 4 rings (SSSR count). The van der Waals surface area contributed by atoms with E-state index in [1.807, 2.05) is 0 Å². The fourth-order valence-corrected chi connectivity index (χ4v) is 4.14. The number of aromatic nitrogens is 2. The molecule has 6 heteroatoms. The maximum Gasteiger partial charge on any atom is 0.150 e. The van der Waals surface area contributed by atoms with Crippen molar-refractivity contribution in [2.75, 3.05) is 44.2 Å². The molecule has 0 saturated carbocycles. The van der Waals surface area contributed by atoms with Gasteiger partial charge >= 0.3 is 0 Å². The minimum atomic E-state index is 0.682. The predicted octanol–water partition coefficient (Wildman–Crippen LogP) is 1.18. The SMILES string of the molecule is c1nc(N2CCC(N3CCNCC3)C2)c2sccc2n1. The molecule has 2 fully saturated rings. The van der Waals surface area contributed by atoms with Crippen molar-refractivity contribution < 1.29 is 0 Å². The Hall–Kier alpha value is -1.24. The van der Waals surface area contributed by atoms with Crippen molar-refractivity contribution in [1.82, 2.24) is 20.2 Å². The molecule has 2 aromatic heterocycles. The summed E-state index contributed by atoms with van der Waals surface area (Å²) in [4.78, 5) is 13.9. The summed E-state index contributed by atoms with van der Waals surface area (Å²) in [5.41, 5.74) is 1.07. The van der Waals surface area contributed by atoms with Gasteiger partial charge in [-0.25, -0.2) is 9.97 Å². The van der Waals surface area contributed by atoms with Crippen molar-refractivity contribution in [2.45, 2.75) is 12.5 Å². The maximum absolute atomic E-state index is 4.54. The van der Waals surface area contributed by atoms with Gasteiger partial charge in [-0.1, -0.05) is 0 Å². The van der Waals surface area contributed by atoms with E-state index in [0.717, 1.165) is 37.5 Å². The third-order valence-electron chi connectivity index (χ3n) is 4.36. The van der Waals surface area contributed by atoms with Gasteiger partial charge in [-0.2, -0.15) is 0 Å². The van der Waals surface area contributed by atoms with Gasteiger partial charge < -0.3 is 10.2 Å². The Labute approximate surface area is 122 Å². The number of hydrogen-bond donors (Lipinski definition) is 1. The van der Waals surface area contributed by atoms with E-state index in [9.17, 15) is 0 Å². The highest BCUT2D eigenvalue weighted by molar-refractivity contribution is 7.17. The highest BCUT2D eigenvalue weighted by atomic mass is 32.1. The van der Waals surface area contributed by atoms with Crippen LogP contribution in [0.5, 0.6) is 0 Å². The summed E-state index contributed by atoms with van der Waals surface area (Å²) in [5.74, 6) is 1.13. The number of fused-ring (bicyclic) bond motifs is 1. The second-order valence-corrected chi connectivity index (χ2v) is 6.42. The quantitative estimate of drug-likeness (QED) is 0.899. The molecule has 20 heavy (non-hydrogen) atoms. The number of thiophene rings is 1. The minimum absolute atomic E-state index is 0.682. The van der Waals surface area contributed by atoms with Crippen molar-refractivity contribution in [1.29, 1.82) is 0 Å². The Morgan fingerprint density at radius 3 is 3.00 bits per heavy atom. The van der Waals surface area contributed by atoms with E-state index < -0.39 is 0 Å². The Morgan fingerprint density at radius 1 is 1.20 bits per heavy atom. The lowest BCUT2D eigenvalue weighted by Crippen LogP contribution is -2.49. The van der Waals surface area contributed by atoms with Gasteiger partial charge in [0, 0.05) is 45.3 Å². The molecule has 1 unspecified atom stereocenters. The molecule has 1 N–H and O–H groups in total. The summed E-state index contributed by atoms with van der Waals surface area (Å²) in [6.07, 6.45) is 2.94. The fourth-order valence-electron chi connectivity index (χ4n) is 3.28. The Morgan fingerprint density at radius 2 is 2.10 bits per heavy atom. The largest absolute Gasteiger partial charge is 0.354 e. The van der Waals surface area contributed by atoms with Crippen LogP contribution in [-0.4, -0.2) is 60.2 Å². The summed E-state index contributed by atoms with van der Waals surface area (Å²) in [7, 11) is 0. The van der Waals surface area contributed by atoms with Crippen LogP contribution in [0.4, 0.5) is 5.82 Å². The van der Waals surface area contributed by atoms with Gasteiger partial charge in [0.15, 0.2) is 0 Å². The number of piperazine rings is 1. The van der Waals surface area contributed by atoms with Gasteiger partial charge in [-0.05, 0) is 17.9 Å². The molecule has 1 atom stereocenters. The van der Waals surface area contributed by atoms with E-state index in [1.54, 1.807) is 17.7 Å². The molecule has 0 aliphatic carbocycles. The molecule has 0 aromatic carbocycles. The highest BCUT2D eigenvalue weighted by Gasteiger charge is 2.29. The van der Waals surface area contributed by atoms with Crippen LogP contribution < -0.4 is 10.2 Å². The Balaban J connectivity index is 1.54. The molecule has 2 aliphatic rings. The second-order valence-electron chi connectivity index (χ2n) is 5.51. The summed E-state index contributed by atoms with van der Waals surface area (Å²) in [6, 6.07) is 2.76. The number of nitrogens with one attached hydrogen (secondary N) is 1. The standard InChI is InChI=1S/C14H19N5S/c1-5-19(9-11(1)18-6-3-15-4-7-18)14-13-12(2-8-20-13)16-10-17-14/h2,8,10-11,15H,1,3-7,9H2. The van der Waals surface area contributed by atoms with Crippen LogP contribution in [0.25, 0.3) is 10.2 Å². The zero-order valence-corrected chi connectivity index (χ0v) is 12.3. The van der Waals surface area contributed by atoms with E-state index in [4.69, 9.17) is 0 Å².